The van der Waals surface area contributed by atoms with Crippen molar-refractivity contribution in [3.8, 4) is 0 Å². The Labute approximate surface area is 107 Å². The fraction of sp³-hybridized carbons (Fsp3) is 0.0769. The molecule has 3 aromatic rings. The molecule has 0 saturated heterocycles. The van der Waals surface area contributed by atoms with Gasteiger partial charge >= 0.3 is 0 Å². The van der Waals surface area contributed by atoms with Crippen molar-refractivity contribution in [3.63, 3.8) is 0 Å². The number of aromatic nitrogens is 3. The lowest BCUT2D eigenvalue weighted by molar-refractivity contribution is 0.819. The van der Waals surface area contributed by atoms with Crippen LogP contribution in [0.3, 0.4) is 0 Å². The van der Waals surface area contributed by atoms with Crippen LogP contribution in [0.25, 0.3) is 11.0 Å². The van der Waals surface area contributed by atoms with Gasteiger partial charge < -0.3 is 4.57 Å². The average Bonchev–Trinajstić information content (AvgIpc) is 2.73. The normalized spacial score (nSPS) is 10.9. The molecule has 3 nitrogen and oxygen atoms in total. The summed E-state index contributed by atoms with van der Waals surface area (Å²) in [4.78, 5) is 8.50. The van der Waals surface area contributed by atoms with Crippen LogP contribution < -0.4 is 0 Å². The number of hydrogen-bond acceptors (Lipinski definition) is 2. The third-order valence-electron chi connectivity index (χ3n) is 2.66. The van der Waals surface area contributed by atoms with Gasteiger partial charge in [-0.25, -0.2) is 4.98 Å². The lowest BCUT2D eigenvalue weighted by Crippen LogP contribution is -1.97. The maximum Gasteiger partial charge on any atom is 0.0961 e. The van der Waals surface area contributed by atoms with Crippen molar-refractivity contribution in [1.29, 1.82) is 0 Å². The number of halogens is 1. The van der Waals surface area contributed by atoms with E-state index in [9.17, 15) is 0 Å². The van der Waals surface area contributed by atoms with Gasteiger partial charge in [0, 0.05) is 16.9 Å². The van der Waals surface area contributed by atoms with Crippen molar-refractivity contribution in [2.24, 2.45) is 0 Å². The Hall–Kier alpha value is -1.68. The van der Waals surface area contributed by atoms with Crippen LogP contribution >= 0.6 is 15.9 Å². The molecule has 2 heterocycles. The van der Waals surface area contributed by atoms with Crippen LogP contribution in [0, 0.1) is 0 Å². The van der Waals surface area contributed by atoms with E-state index in [0.717, 1.165) is 22.1 Å². The second-order valence-corrected chi connectivity index (χ2v) is 4.78. The summed E-state index contributed by atoms with van der Waals surface area (Å²) >= 11 is 3.48. The second kappa shape index (κ2) is 4.30. The molecule has 0 aliphatic carbocycles. The second-order valence-electron chi connectivity index (χ2n) is 3.87. The molecular formula is C13H10BrN3. The molecule has 1 aromatic carbocycles. The number of rotatable bonds is 2. The molecule has 0 aliphatic heterocycles. The first-order chi connectivity index (χ1) is 8.33. The molecule has 84 valence electrons. The van der Waals surface area contributed by atoms with Crippen LogP contribution in [0.1, 0.15) is 5.56 Å². The highest BCUT2D eigenvalue weighted by atomic mass is 79.9. The van der Waals surface area contributed by atoms with Crippen LogP contribution in [-0.2, 0) is 6.54 Å². The van der Waals surface area contributed by atoms with Gasteiger partial charge in [-0.05, 0) is 29.8 Å². The Morgan fingerprint density at radius 3 is 3.00 bits per heavy atom. The Morgan fingerprint density at radius 2 is 2.18 bits per heavy atom. The number of nitrogens with zero attached hydrogens (tertiary/aromatic N) is 3. The lowest BCUT2D eigenvalue weighted by Gasteiger charge is -2.04. The Kier molecular flexibility index (Phi) is 2.65. The van der Waals surface area contributed by atoms with Crippen molar-refractivity contribution in [2.75, 3.05) is 0 Å². The smallest absolute Gasteiger partial charge is 0.0961 e. The summed E-state index contributed by atoms with van der Waals surface area (Å²) in [5.74, 6) is 0. The maximum absolute atomic E-state index is 4.38. The minimum Gasteiger partial charge on any atom is -0.326 e. The maximum atomic E-state index is 4.38. The summed E-state index contributed by atoms with van der Waals surface area (Å²) in [6.07, 6.45) is 5.53. The van der Waals surface area contributed by atoms with E-state index in [1.54, 1.807) is 6.20 Å². The first-order valence-corrected chi connectivity index (χ1v) is 6.11. The van der Waals surface area contributed by atoms with E-state index in [1.807, 2.05) is 30.7 Å². The predicted molar refractivity (Wildman–Crippen MR) is 70.8 cm³/mol. The lowest BCUT2D eigenvalue weighted by atomic mass is 10.2. The van der Waals surface area contributed by atoms with Crippen LogP contribution in [0.5, 0.6) is 0 Å². The molecule has 0 radical (unpaired) electrons. The van der Waals surface area contributed by atoms with Crippen LogP contribution in [0.15, 0.2) is 53.5 Å². The van der Waals surface area contributed by atoms with E-state index in [-0.39, 0.29) is 0 Å². The summed E-state index contributed by atoms with van der Waals surface area (Å²) < 4.78 is 3.19. The number of pyridine rings is 1. The first-order valence-electron chi connectivity index (χ1n) is 5.32. The van der Waals surface area contributed by atoms with E-state index in [0.29, 0.717) is 0 Å². The van der Waals surface area contributed by atoms with Gasteiger partial charge in [-0.3, -0.25) is 4.98 Å². The van der Waals surface area contributed by atoms with Crippen molar-refractivity contribution >= 4 is 27.0 Å². The molecule has 0 amide bonds. The Morgan fingerprint density at radius 1 is 1.24 bits per heavy atom. The number of imidazole rings is 1. The summed E-state index contributed by atoms with van der Waals surface area (Å²) in [5, 5.41) is 0. The quantitative estimate of drug-likeness (QED) is 0.724. The molecular weight excluding hydrogens is 278 g/mol. The van der Waals surface area contributed by atoms with Crippen molar-refractivity contribution < 1.29 is 0 Å². The van der Waals surface area contributed by atoms with Crippen LogP contribution in [0.2, 0.25) is 0 Å². The highest BCUT2D eigenvalue weighted by Gasteiger charge is 2.03. The number of hydrogen-bond donors (Lipinski definition) is 0. The van der Waals surface area contributed by atoms with E-state index < -0.39 is 0 Å². The summed E-state index contributed by atoms with van der Waals surface area (Å²) in [6.45, 7) is 0.792. The average molecular weight is 288 g/mol. The van der Waals surface area contributed by atoms with E-state index in [2.05, 4.69) is 42.6 Å². The zero-order chi connectivity index (χ0) is 11.7. The Balaban J connectivity index is 2.03. The van der Waals surface area contributed by atoms with E-state index in [4.69, 9.17) is 0 Å². The number of fused-ring (bicyclic) bond motifs is 1. The SMILES string of the molecule is Brc1ccc2ncn(Cc3cccnc3)c2c1. The minimum absolute atomic E-state index is 0.792. The molecule has 0 N–H and O–H groups in total. The van der Waals surface area contributed by atoms with Gasteiger partial charge in [-0.1, -0.05) is 22.0 Å². The predicted octanol–water partition coefficient (Wildman–Crippen LogP) is 3.24. The first kappa shape index (κ1) is 10.5. The van der Waals surface area contributed by atoms with Crippen LogP contribution in [0.4, 0.5) is 0 Å². The van der Waals surface area contributed by atoms with Gasteiger partial charge in [0.1, 0.15) is 0 Å². The molecule has 0 bridgehead atoms. The van der Waals surface area contributed by atoms with Crippen molar-refractivity contribution in [3.05, 3.63) is 59.1 Å². The minimum atomic E-state index is 0.792. The standard InChI is InChI=1S/C13H10BrN3/c14-11-3-4-12-13(6-11)17(9-16-12)8-10-2-1-5-15-7-10/h1-7,9H,8H2. The highest BCUT2D eigenvalue weighted by molar-refractivity contribution is 9.10. The molecule has 2 aromatic heterocycles. The van der Waals surface area contributed by atoms with Gasteiger partial charge in [0.2, 0.25) is 0 Å². The summed E-state index contributed by atoms with van der Waals surface area (Å²) in [6, 6.07) is 10.1. The van der Waals surface area contributed by atoms with E-state index >= 15 is 0 Å². The van der Waals surface area contributed by atoms with Gasteiger partial charge in [-0.15, -0.1) is 0 Å². The Bertz CT molecular complexity index is 646. The van der Waals surface area contributed by atoms with Crippen molar-refractivity contribution in [2.45, 2.75) is 6.54 Å². The zero-order valence-corrected chi connectivity index (χ0v) is 10.6. The fourth-order valence-corrected chi connectivity index (χ4v) is 2.19. The summed E-state index contributed by atoms with van der Waals surface area (Å²) in [7, 11) is 0. The van der Waals surface area contributed by atoms with E-state index in [1.165, 1.54) is 5.56 Å². The molecule has 0 aliphatic rings. The molecule has 0 fully saturated rings. The fourth-order valence-electron chi connectivity index (χ4n) is 1.84. The van der Waals surface area contributed by atoms with Gasteiger partial charge in [-0.2, -0.15) is 0 Å². The molecule has 0 spiro atoms. The monoisotopic (exact) mass is 287 g/mol. The molecule has 0 atom stereocenters. The molecule has 0 saturated carbocycles. The third kappa shape index (κ3) is 2.08. The van der Waals surface area contributed by atoms with Gasteiger partial charge in [0.15, 0.2) is 0 Å². The molecule has 3 rings (SSSR count). The molecule has 0 unspecified atom stereocenters. The largest absolute Gasteiger partial charge is 0.326 e. The molecule has 17 heavy (non-hydrogen) atoms. The topological polar surface area (TPSA) is 30.7 Å². The van der Waals surface area contributed by atoms with Gasteiger partial charge in [0.05, 0.1) is 23.9 Å². The molecule has 4 heteroatoms. The third-order valence-corrected chi connectivity index (χ3v) is 3.15. The summed E-state index contributed by atoms with van der Waals surface area (Å²) in [5.41, 5.74) is 3.31. The van der Waals surface area contributed by atoms with Crippen LogP contribution in [-0.4, -0.2) is 14.5 Å². The number of benzene rings is 1. The van der Waals surface area contributed by atoms with Gasteiger partial charge in [0.25, 0.3) is 0 Å². The van der Waals surface area contributed by atoms with Crippen molar-refractivity contribution in [1.82, 2.24) is 14.5 Å². The highest BCUT2D eigenvalue weighted by Crippen LogP contribution is 2.19. The zero-order valence-electron chi connectivity index (χ0n) is 9.05.